The Hall–Kier alpha value is -1.16. The number of rotatable bonds is 3. The fraction of sp³-hybridized carbons (Fsp3) is 0.333. The van der Waals surface area contributed by atoms with Crippen molar-refractivity contribution in [1.82, 2.24) is 4.98 Å². The summed E-state index contributed by atoms with van der Waals surface area (Å²) in [7, 11) is 0. The van der Waals surface area contributed by atoms with Crippen LogP contribution in [0.5, 0.6) is 0 Å². The molecule has 13 heavy (non-hydrogen) atoms. The molecule has 0 saturated carbocycles. The van der Waals surface area contributed by atoms with Gasteiger partial charge in [0.15, 0.2) is 0 Å². The van der Waals surface area contributed by atoms with Crippen LogP contribution in [0.15, 0.2) is 18.3 Å². The number of H-pyrrole nitrogens is 1. The van der Waals surface area contributed by atoms with Gasteiger partial charge in [-0.2, -0.15) is 0 Å². The topological polar surface area (TPSA) is 42.1 Å². The molecule has 0 unspecified atom stereocenters. The highest BCUT2D eigenvalue weighted by Gasteiger charge is 2.02. The molecule has 1 aromatic heterocycles. The van der Waals surface area contributed by atoms with E-state index < -0.39 is 0 Å². The van der Waals surface area contributed by atoms with Gasteiger partial charge in [-0.25, -0.2) is 0 Å². The molecule has 0 aliphatic heterocycles. The molecule has 0 spiro atoms. The van der Waals surface area contributed by atoms with Crippen molar-refractivity contribution in [2.24, 2.45) is 0 Å². The molecular formula is C9H11NO2S. The number of carbonyl (C=O) groups excluding carboxylic acids is 1. The number of nitrogens with one attached hydrogen (secondary N) is 1. The van der Waals surface area contributed by atoms with Gasteiger partial charge in [-0.15, -0.1) is 0 Å². The number of aromatic nitrogens is 1. The van der Waals surface area contributed by atoms with E-state index in [0.29, 0.717) is 17.7 Å². The third kappa shape index (κ3) is 3.38. The van der Waals surface area contributed by atoms with Gasteiger partial charge in [0.2, 0.25) is 0 Å². The second-order valence-electron chi connectivity index (χ2n) is 2.54. The summed E-state index contributed by atoms with van der Waals surface area (Å²) in [5.74, 6) is -0.215. The summed E-state index contributed by atoms with van der Waals surface area (Å²) < 4.78 is 5.46. The average molecular weight is 197 g/mol. The molecule has 3 nitrogen and oxygen atoms in total. The first-order valence-corrected chi connectivity index (χ1v) is 4.46. The third-order valence-electron chi connectivity index (χ3n) is 1.50. The molecule has 0 bridgehead atoms. The molecule has 0 aromatic carbocycles. The molecular weight excluding hydrogens is 186 g/mol. The highest BCUT2D eigenvalue weighted by molar-refractivity contribution is 7.71. The van der Waals surface area contributed by atoms with Gasteiger partial charge in [-0.3, -0.25) is 4.79 Å². The highest BCUT2D eigenvalue weighted by atomic mass is 32.1. The van der Waals surface area contributed by atoms with Gasteiger partial charge in [0.05, 0.1) is 13.0 Å². The Morgan fingerprint density at radius 3 is 2.92 bits per heavy atom. The maximum absolute atomic E-state index is 11.0. The number of carbonyl (C=O) groups is 1. The van der Waals surface area contributed by atoms with Crippen LogP contribution < -0.4 is 0 Å². The molecule has 1 N–H and O–H groups in total. The first kappa shape index (κ1) is 9.92. The van der Waals surface area contributed by atoms with Crippen LogP contribution in [0, 0.1) is 4.64 Å². The average Bonchev–Trinajstić information content (AvgIpc) is 2.09. The first-order valence-electron chi connectivity index (χ1n) is 4.05. The quantitative estimate of drug-likeness (QED) is 0.594. The predicted molar refractivity (Wildman–Crippen MR) is 52.0 cm³/mol. The second-order valence-corrected chi connectivity index (χ2v) is 2.98. The minimum absolute atomic E-state index is 0.215. The molecule has 0 radical (unpaired) electrons. The molecule has 0 atom stereocenters. The van der Waals surface area contributed by atoms with E-state index in [1.54, 1.807) is 19.2 Å². The van der Waals surface area contributed by atoms with Crippen molar-refractivity contribution in [2.75, 3.05) is 6.61 Å². The number of hydrogen-bond acceptors (Lipinski definition) is 3. The maximum Gasteiger partial charge on any atom is 0.310 e. The van der Waals surface area contributed by atoms with Crippen molar-refractivity contribution in [3.05, 3.63) is 28.5 Å². The van der Waals surface area contributed by atoms with Crippen molar-refractivity contribution < 1.29 is 9.53 Å². The first-order chi connectivity index (χ1) is 6.22. The van der Waals surface area contributed by atoms with Crippen LogP contribution in [-0.4, -0.2) is 17.6 Å². The minimum atomic E-state index is -0.215. The van der Waals surface area contributed by atoms with E-state index in [1.807, 2.05) is 6.07 Å². The van der Waals surface area contributed by atoms with Crippen LogP contribution in [-0.2, 0) is 16.0 Å². The number of esters is 1. The summed E-state index contributed by atoms with van der Waals surface area (Å²) in [5.41, 5.74) is 0.882. The summed E-state index contributed by atoms with van der Waals surface area (Å²) in [4.78, 5) is 13.9. The summed E-state index contributed by atoms with van der Waals surface area (Å²) >= 11 is 4.86. The zero-order valence-corrected chi connectivity index (χ0v) is 8.19. The molecule has 0 fully saturated rings. The van der Waals surface area contributed by atoms with E-state index in [0.717, 1.165) is 5.56 Å². The fourth-order valence-corrected chi connectivity index (χ4v) is 1.06. The van der Waals surface area contributed by atoms with E-state index in [9.17, 15) is 4.79 Å². The Balaban J connectivity index is 2.59. The standard InChI is InChI=1S/C9H11NO2S/c1-2-12-9(11)5-7-3-4-8(13)10-6-7/h3-4,6H,2,5H2,1H3,(H,10,13). The highest BCUT2D eigenvalue weighted by Crippen LogP contribution is 1.99. The Kier molecular flexibility index (Phi) is 3.64. The smallest absolute Gasteiger partial charge is 0.310 e. The Morgan fingerprint density at radius 2 is 2.38 bits per heavy atom. The molecule has 70 valence electrons. The van der Waals surface area contributed by atoms with Crippen LogP contribution in [0.25, 0.3) is 0 Å². The van der Waals surface area contributed by atoms with Crippen LogP contribution in [0.2, 0.25) is 0 Å². The SMILES string of the molecule is CCOC(=O)Cc1ccc(=S)[nH]c1. The number of aromatic amines is 1. The van der Waals surface area contributed by atoms with Gasteiger partial charge in [0.25, 0.3) is 0 Å². The van der Waals surface area contributed by atoms with E-state index in [4.69, 9.17) is 17.0 Å². The summed E-state index contributed by atoms with van der Waals surface area (Å²) in [6, 6.07) is 3.57. The number of hydrogen-bond donors (Lipinski definition) is 1. The number of ether oxygens (including phenoxy) is 1. The molecule has 1 rings (SSSR count). The lowest BCUT2D eigenvalue weighted by Gasteiger charge is -2.00. The Labute approximate surface area is 81.7 Å². The zero-order valence-electron chi connectivity index (χ0n) is 7.37. The zero-order chi connectivity index (χ0) is 9.68. The minimum Gasteiger partial charge on any atom is -0.466 e. The molecule has 1 aromatic rings. The predicted octanol–water partition coefficient (Wildman–Crippen LogP) is 1.85. The summed E-state index contributed by atoms with van der Waals surface area (Å²) in [5, 5.41) is 0. The molecule has 4 heteroatoms. The van der Waals surface area contributed by atoms with E-state index in [1.165, 1.54) is 0 Å². The molecule has 0 aliphatic rings. The van der Waals surface area contributed by atoms with Gasteiger partial charge in [-0.1, -0.05) is 18.3 Å². The molecule has 0 saturated heterocycles. The lowest BCUT2D eigenvalue weighted by molar-refractivity contribution is -0.142. The van der Waals surface area contributed by atoms with Gasteiger partial charge in [0, 0.05) is 6.20 Å². The van der Waals surface area contributed by atoms with Crippen molar-refractivity contribution in [1.29, 1.82) is 0 Å². The van der Waals surface area contributed by atoms with Crippen molar-refractivity contribution in [3.8, 4) is 0 Å². The number of pyridine rings is 1. The van der Waals surface area contributed by atoms with Crippen molar-refractivity contribution >= 4 is 18.2 Å². The lowest BCUT2D eigenvalue weighted by Crippen LogP contribution is -2.07. The van der Waals surface area contributed by atoms with E-state index in [-0.39, 0.29) is 5.97 Å². The largest absolute Gasteiger partial charge is 0.466 e. The monoisotopic (exact) mass is 197 g/mol. The van der Waals surface area contributed by atoms with Crippen LogP contribution in [0.1, 0.15) is 12.5 Å². The van der Waals surface area contributed by atoms with Crippen molar-refractivity contribution in [2.45, 2.75) is 13.3 Å². The van der Waals surface area contributed by atoms with Gasteiger partial charge < -0.3 is 9.72 Å². The van der Waals surface area contributed by atoms with Gasteiger partial charge in [-0.05, 0) is 18.6 Å². The molecule has 0 aliphatic carbocycles. The fourth-order valence-electron chi connectivity index (χ4n) is 0.931. The van der Waals surface area contributed by atoms with E-state index >= 15 is 0 Å². The van der Waals surface area contributed by atoms with Crippen LogP contribution in [0.3, 0.4) is 0 Å². The lowest BCUT2D eigenvalue weighted by atomic mass is 10.2. The normalized spacial score (nSPS) is 9.62. The second kappa shape index (κ2) is 4.77. The Bertz CT molecular complexity index is 325. The van der Waals surface area contributed by atoms with Crippen LogP contribution >= 0.6 is 12.2 Å². The van der Waals surface area contributed by atoms with Gasteiger partial charge >= 0.3 is 5.97 Å². The third-order valence-corrected chi connectivity index (χ3v) is 1.76. The van der Waals surface area contributed by atoms with Crippen molar-refractivity contribution in [3.63, 3.8) is 0 Å². The summed E-state index contributed by atoms with van der Waals surface area (Å²) in [6.07, 6.45) is 2.01. The summed E-state index contributed by atoms with van der Waals surface area (Å²) in [6.45, 7) is 2.21. The van der Waals surface area contributed by atoms with Crippen LogP contribution in [0.4, 0.5) is 0 Å². The maximum atomic E-state index is 11.0. The van der Waals surface area contributed by atoms with Gasteiger partial charge in [0.1, 0.15) is 4.64 Å². The van der Waals surface area contributed by atoms with E-state index in [2.05, 4.69) is 4.98 Å². The Morgan fingerprint density at radius 1 is 1.62 bits per heavy atom. The molecule has 0 amide bonds. The molecule has 1 heterocycles.